The van der Waals surface area contributed by atoms with Crippen LogP contribution in [0.5, 0.6) is 17.2 Å². The number of carbonyl (C=O) groups excluding carboxylic acids is 1. The van der Waals surface area contributed by atoms with Crippen LogP contribution in [-0.2, 0) is 13.0 Å². The van der Waals surface area contributed by atoms with E-state index >= 15 is 0 Å². The van der Waals surface area contributed by atoms with Crippen LogP contribution in [0.15, 0.2) is 66.4 Å². The smallest absolute Gasteiger partial charge is 0.232 e. The van der Waals surface area contributed by atoms with Crippen LogP contribution in [0.1, 0.15) is 39.5 Å². The van der Waals surface area contributed by atoms with Crippen LogP contribution in [0, 0.1) is 6.92 Å². The molecular weight excluding hydrogens is 376 g/mol. The minimum absolute atomic E-state index is 0.0988. The quantitative estimate of drug-likeness (QED) is 0.494. The van der Waals surface area contributed by atoms with E-state index in [4.69, 9.17) is 14.2 Å². The molecule has 0 unspecified atom stereocenters. The largest absolute Gasteiger partial charge is 0.496 e. The Labute approximate surface area is 176 Å². The molecule has 0 aromatic heterocycles. The molecule has 152 valence electrons. The number of aryl methyl sites for hydroxylation is 2. The Bertz CT molecular complexity index is 1110. The van der Waals surface area contributed by atoms with Crippen molar-refractivity contribution in [2.45, 2.75) is 26.9 Å². The zero-order valence-corrected chi connectivity index (χ0v) is 17.4. The molecule has 0 radical (unpaired) electrons. The number of carbonyl (C=O) groups is 1. The number of ketones is 1. The number of fused-ring (bicyclic) bond motifs is 1. The van der Waals surface area contributed by atoms with Crippen molar-refractivity contribution in [2.24, 2.45) is 0 Å². The van der Waals surface area contributed by atoms with Gasteiger partial charge in [-0.05, 0) is 48.2 Å². The fraction of sp³-hybridized carbons (Fsp3) is 0.192. The van der Waals surface area contributed by atoms with Gasteiger partial charge in [0.05, 0.1) is 12.7 Å². The van der Waals surface area contributed by atoms with E-state index in [9.17, 15) is 4.79 Å². The first kappa shape index (κ1) is 19.8. The summed E-state index contributed by atoms with van der Waals surface area (Å²) < 4.78 is 17.2. The molecule has 1 aliphatic heterocycles. The lowest BCUT2D eigenvalue weighted by molar-refractivity contribution is 0.101. The van der Waals surface area contributed by atoms with Gasteiger partial charge in [0.25, 0.3) is 0 Å². The van der Waals surface area contributed by atoms with Crippen LogP contribution in [0.2, 0.25) is 0 Å². The Morgan fingerprint density at radius 1 is 1.03 bits per heavy atom. The molecule has 4 rings (SSSR count). The van der Waals surface area contributed by atoms with E-state index in [1.54, 1.807) is 19.3 Å². The van der Waals surface area contributed by atoms with Gasteiger partial charge >= 0.3 is 0 Å². The monoisotopic (exact) mass is 400 g/mol. The Hall–Kier alpha value is -3.53. The molecule has 0 spiro atoms. The molecule has 1 heterocycles. The van der Waals surface area contributed by atoms with Crippen molar-refractivity contribution in [2.75, 3.05) is 7.11 Å². The molecule has 1 aliphatic rings. The van der Waals surface area contributed by atoms with Crippen molar-refractivity contribution >= 4 is 11.9 Å². The third-order valence-electron chi connectivity index (χ3n) is 5.22. The van der Waals surface area contributed by atoms with Crippen molar-refractivity contribution in [3.05, 3.63) is 94.2 Å². The number of methoxy groups -OCH3 is 1. The molecule has 0 saturated carbocycles. The Morgan fingerprint density at radius 2 is 1.80 bits per heavy atom. The molecule has 4 heteroatoms. The number of para-hydroxylation sites is 1. The lowest BCUT2D eigenvalue weighted by Crippen LogP contribution is -2.00. The van der Waals surface area contributed by atoms with Gasteiger partial charge in [0.15, 0.2) is 5.76 Å². The van der Waals surface area contributed by atoms with Gasteiger partial charge in [0.1, 0.15) is 23.9 Å². The molecule has 0 bridgehead atoms. The van der Waals surface area contributed by atoms with Crippen molar-refractivity contribution in [3.63, 3.8) is 0 Å². The van der Waals surface area contributed by atoms with Crippen LogP contribution in [-0.4, -0.2) is 12.9 Å². The molecule has 30 heavy (non-hydrogen) atoms. The second-order valence-corrected chi connectivity index (χ2v) is 7.25. The molecule has 0 amide bonds. The van der Waals surface area contributed by atoms with Crippen LogP contribution < -0.4 is 14.2 Å². The normalized spacial score (nSPS) is 13.8. The Balaban J connectivity index is 1.55. The van der Waals surface area contributed by atoms with E-state index in [-0.39, 0.29) is 5.78 Å². The summed E-state index contributed by atoms with van der Waals surface area (Å²) in [4.78, 5) is 12.9. The Morgan fingerprint density at radius 3 is 2.53 bits per heavy atom. The van der Waals surface area contributed by atoms with Crippen molar-refractivity contribution in [1.29, 1.82) is 0 Å². The molecule has 3 aromatic carbocycles. The summed E-state index contributed by atoms with van der Waals surface area (Å²) in [7, 11) is 1.64. The van der Waals surface area contributed by atoms with Gasteiger partial charge in [-0.25, -0.2) is 0 Å². The molecule has 0 saturated heterocycles. The van der Waals surface area contributed by atoms with Gasteiger partial charge in [-0.3, -0.25) is 4.79 Å². The third-order valence-corrected chi connectivity index (χ3v) is 5.22. The number of Topliss-reactive ketones (excluding diaryl/α,β-unsaturated/α-hetero) is 1. The second kappa shape index (κ2) is 8.46. The van der Waals surface area contributed by atoms with Crippen molar-refractivity contribution in [1.82, 2.24) is 0 Å². The summed E-state index contributed by atoms with van der Waals surface area (Å²) in [5, 5.41) is 0. The van der Waals surface area contributed by atoms with Crippen molar-refractivity contribution < 1.29 is 19.0 Å². The standard InChI is InChI=1S/C26H24O4/c1-4-18-9-11-19(12-10-18)14-24-26(27)25-17(2)13-21(15-23(25)30-24)29-16-20-7-5-6-8-22(20)28-3/h5-15H,4,16H2,1-3H3/b24-14-. The maximum Gasteiger partial charge on any atom is 0.232 e. The average molecular weight is 400 g/mol. The lowest BCUT2D eigenvalue weighted by atomic mass is 10.0. The minimum atomic E-state index is -0.0988. The van der Waals surface area contributed by atoms with Crippen LogP contribution in [0.25, 0.3) is 6.08 Å². The summed E-state index contributed by atoms with van der Waals surface area (Å²) in [5.41, 5.74) is 4.57. The fourth-order valence-electron chi connectivity index (χ4n) is 3.54. The van der Waals surface area contributed by atoms with E-state index in [0.29, 0.717) is 29.4 Å². The zero-order valence-electron chi connectivity index (χ0n) is 17.4. The van der Waals surface area contributed by atoms with Crippen molar-refractivity contribution in [3.8, 4) is 17.2 Å². The molecule has 4 nitrogen and oxygen atoms in total. The van der Waals surface area contributed by atoms with Gasteiger partial charge in [0, 0.05) is 11.6 Å². The van der Waals surface area contributed by atoms with Crippen LogP contribution >= 0.6 is 0 Å². The predicted octanol–water partition coefficient (Wildman–Crippen LogP) is 5.76. The summed E-state index contributed by atoms with van der Waals surface area (Å²) in [6.07, 6.45) is 2.77. The molecule has 0 aliphatic carbocycles. The van der Waals surface area contributed by atoms with Crippen LogP contribution in [0.4, 0.5) is 0 Å². The van der Waals surface area contributed by atoms with E-state index in [2.05, 4.69) is 19.1 Å². The first-order chi connectivity index (χ1) is 14.6. The van der Waals surface area contributed by atoms with E-state index in [1.807, 2.05) is 49.4 Å². The highest BCUT2D eigenvalue weighted by atomic mass is 16.5. The van der Waals surface area contributed by atoms with E-state index in [1.165, 1.54) is 5.56 Å². The first-order valence-electron chi connectivity index (χ1n) is 10.0. The topological polar surface area (TPSA) is 44.8 Å². The molecule has 0 atom stereocenters. The summed E-state index contributed by atoms with van der Waals surface area (Å²) in [5.74, 6) is 2.20. The minimum Gasteiger partial charge on any atom is -0.496 e. The number of rotatable bonds is 6. The summed E-state index contributed by atoms with van der Waals surface area (Å²) in [6.45, 7) is 4.38. The van der Waals surface area contributed by atoms with Gasteiger partial charge < -0.3 is 14.2 Å². The van der Waals surface area contributed by atoms with Gasteiger partial charge in [-0.15, -0.1) is 0 Å². The average Bonchev–Trinajstić information content (AvgIpc) is 3.08. The van der Waals surface area contributed by atoms with E-state index < -0.39 is 0 Å². The number of hydrogen-bond acceptors (Lipinski definition) is 4. The Kier molecular flexibility index (Phi) is 5.57. The highest BCUT2D eigenvalue weighted by Gasteiger charge is 2.30. The predicted molar refractivity (Wildman–Crippen MR) is 117 cm³/mol. The first-order valence-corrected chi connectivity index (χ1v) is 10.0. The van der Waals surface area contributed by atoms with Gasteiger partial charge in [-0.2, -0.15) is 0 Å². The maximum absolute atomic E-state index is 12.9. The maximum atomic E-state index is 12.9. The third kappa shape index (κ3) is 3.94. The molecule has 0 N–H and O–H groups in total. The van der Waals surface area contributed by atoms with Gasteiger partial charge in [0.2, 0.25) is 5.78 Å². The number of ether oxygens (including phenoxy) is 3. The zero-order chi connectivity index (χ0) is 21.1. The second-order valence-electron chi connectivity index (χ2n) is 7.25. The number of hydrogen-bond donors (Lipinski definition) is 0. The lowest BCUT2D eigenvalue weighted by Gasteiger charge is -2.11. The van der Waals surface area contributed by atoms with Gasteiger partial charge in [-0.1, -0.05) is 49.4 Å². The summed E-state index contributed by atoms with van der Waals surface area (Å²) >= 11 is 0. The molecule has 0 fully saturated rings. The summed E-state index contributed by atoms with van der Waals surface area (Å²) in [6, 6.07) is 19.5. The van der Waals surface area contributed by atoms with Crippen LogP contribution in [0.3, 0.4) is 0 Å². The molecular formula is C26H24O4. The molecule has 3 aromatic rings. The highest BCUT2D eigenvalue weighted by molar-refractivity contribution is 6.15. The fourth-order valence-corrected chi connectivity index (χ4v) is 3.54. The van der Waals surface area contributed by atoms with E-state index in [0.717, 1.165) is 28.9 Å². The SMILES string of the molecule is CCc1ccc(/C=C2\Oc3cc(OCc4ccccc4OC)cc(C)c3C2=O)cc1. The number of allylic oxidation sites excluding steroid dienone is 1. The highest BCUT2D eigenvalue weighted by Crippen LogP contribution is 2.38. The number of benzene rings is 3.